The zero-order valence-electron chi connectivity index (χ0n) is 6.47. The van der Waals surface area contributed by atoms with Crippen LogP contribution in [0.1, 0.15) is 12.8 Å². The maximum atomic E-state index is 5.82. The predicted molar refractivity (Wildman–Crippen MR) is 40.9 cm³/mol. The maximum absolute atomic E-state index is 5.82. The van der Waals surface area contributed by atoms with Crippen molar-refractivity contribution in [1.82, 2.24) is 5.32 Å². The van der Waals surface area contributed by atoms with Crippen molar-refractivity contribution < 1.29 is 4.74 Å². The highest BCUT2D eigenvalue weighted by Crippen LogP contribution is 2.06. The summed E-state index contributed by atoms with van der Waals surface area (Å²) in [6.45, 7) is 2.06. The molecule has 3 heteroatoms. The molecule has 3 N–H and O–H groups in total. The molecule has 1 saturated heterocycles. The SMILES string of the molecule is CO[C@H]1CCNCC[C@@H]1N. The molecule has 10 heavy (non-hydrogen) atoms. The summed E-state index contributed by atoms with van der Waals surface area (Å²) < 4.78 is 5.22. The number of ether oxygens (including phenoxy) is 1. The van der Waals surface area contributed by atoms with Gasteiger partial charge in [-0.2, -0.15) is 0 Å². The lowest BCUT2D eigenvalue weighted by Gasteiger charge is -2.18. The third kappa shape index (κ3) is 1.94. The lowest BCUT2D eigenvalue weighted by atomic mass is 10.1. The smallest absolute Gasteiger partial charge is 0.0734 e. The summed E-state index contributed by atoms with van der Waals surface area (Å²) in [5.74, 6) is 0. The summed E-state index contributed by atoms with van der Waals surface area (Å²) in [4.78, 5) is 0. The highest BCUT2D eigenvalue weighted by molar-refractivity contribution is 4.78. The highest BCUT2D eigenvalue weighted by atomic mass is 16.5. The number of hydrogen-bond donors (Lipinski definition) is 2. The second-order valence-electron chi connectivity index (χ2n) is 2.77. The number of nitrogens with one attached hydrogen (secondary N) is 1. The van der Waals surface area contributed by atoms with Gasteiger partial charge in [0.25, 0.3) is 0 Å². The second-order valence-corrected chi connectivity index (χ2v) is 2.77. The van der Waals surface area contributed by atoms with Crippen LogP contribution in [0.5, 0.6) is 0 Å². The molecule has 0 aromatic heterocycles. The van der Waals surface area contributed by atoms with E-state index in [1.54, 1.807) is 7.11 Å². The molecule has 1 heterocycles. The average Bonchev–Trinajstić information content (AvgIpc) is 2.13. The number of rotatable bonds is 1. The van der Waals surface area contributed by atoms with Crippen LogP contribution in [0.2, 0.25) is 0 Å². The fourth-order valence-electron chi connectivity index (χ4n) is 1.33. The highest BCUT2D eigenvalue weighted by Gasteiger charge is 2.18. The standard InChI is InChI=1S/C7H16N2O/c1-10-7-3-5-9-4-2-6(7)8/h6-7,9H,2-5,8H2,1H3/t6-,7-/m0/s1. The minimum absolute atomic E-state index is 0.222. The average molecular weight is 144 g/mol. The molecule has 0 bridgehead atoms. The number of hydrogen-bond acceptors (Lipinski definition) is 3. The Balaban J connectivity index is 2.35. The molecule has 0 aromatic carbocycles. The van der Waals surface area contributed by atoms with Crippen LogP contribution in [0.4, 0.5) is 0 Å². The van der Waals surface area contributed by atoms with Crippen LogP contribution >= 0.6 is 0 Å². The van der Waals surface area contributed by atoms with Crippen molar-refractivity contribution in [2.24, 2.45) is 5.73 Å². The molecule has 0 unspecified atom stereocenters. The van der Waals surface area contributed by atoms with Gasteiger partial charge in [0.1, 0.15) is 0 Å². The molecule has 3 nitrogen and oxygen atoms in total. The molecule has 1 fully saturated rings. The number of nitrogens with two attached hydrogens (primary N) is 1. The van der Waals surface area contributed by atoms with Crippen LogP contribution in [0.15, 0.2) is 0 Å². The Morgan fingerprint density at radius 2 is 2.10 bits per heavy atom. The van der Waals surface area contributed by atoms with Gasteiger partial charge in [-0.1, -0.05) is 0 Å². The van der Waals surface area contributed by atoms with E-state index < -0.39 is 0 Å². The molecule has 0 aromatic rings. The third-order valence-corrected chi connectivity index (χ3v) is 2.04. The van der Waals surface area contributed by atoms with Gasteiger partial charge in [0.05, 0.1) is 6.10 Å². The lowest BCUT2D eigenvalue weighted by molar-refractivity contribution is 0.0779. The first-order valence-corrected chi connectivity index (χ1v) is 3.83. The van der Waals surface area contributed by atoms with Gasteiger partial charge in [0, 0.05) is 13.2 Å². The molecule has 1 aliphatic rings. The first kappa shape index (κ1) is 7.98. The zero-order chi connectivity index (χ0) is 7.40. The van der Waals surface area contributed by atoms with Crippen molar-refractivity contribution in [3.05, 3.63) is 0 Å². The normalized spacial score (nSPS) is 35.4. The lowest BCUT2D eigenvalue weighted by Crippen LogP contribution is -2.35. The first-order chi connectivity index (χ1) is 4.84. The van der Waals surface area contributed by atoms with Crippen molar-refractivity contribution in [3.8, 4) is 0 Å². The molecule has 0 radical (unpaired) electrons. The van der Waals surface area contributed by atoms with Crippen LogP contribution < -0.4 is 11.1 Å². The third-order valence-electron chi connectivity index (χ3n) is 2.04. The van der Waals surface area contributed by atoms with E-state index in [1.807, 2.05) is 0 Å². The topological polar surface area (TPSA) is 47.3 Å². The van der Waals surface area contributed by atoms with Gasteiger partial charge in [-0.25, -0.2) is 0 Å². The van der Waals surface area contributed by atoms with E-state index in [-0.39, 0.29) is 12.1 Å². The van der Waals surface area contributed by atoms with Crippen LogP contribution in [0.3, 0.4) is 0 Å². The Morgan fingerprint density at radius 3 is 2.80 bits per heavy atom. The van der Waals surface area contributed by atoms with Gasteiger partial charge < -0.3 is 15.8 Å². The minimum Gasteiger partial charge on any atom is -0.380 e. The summed E-state index contributed by atoms with van der Waals surface area (Å²) in [5, 5.41) is 3.28. The van der Waals surface area contributed by atoms with Crippen LogP contribution in [-0.2, 0) is 4.74 Å². The number of methoxy groups -OCH3 is 1. The largest absolute Gasteiger partial charge is 0.380 e. The van der Waals surface area contributed by atoms with E-state index in [2.05, 4.69) is 5.32 Å². The molecule has 0 saturated carbocycles. The van der Waals surface area contributed by atoms with Crippen LogP contribution in [0, 0.1) is 0 Å². The van der Waals surface area contributed by atoms with Gasteiger partial charge >= 0.3 is 0 Å². The Kier molecular flexibility index (Phi) is 3.12. The summed E-state index contributed by atoms with van der Waals surface area (Å²) in [6, 6.07) is 0.222. The first-order valence-electron chi connectivity index (χ1n) is 3.83. The molecule has 60 valence electrons. The summed E-state index contributed by atoms with van der Waals surface area (Å²) in [5.41, 5.74) is 5.82. The molecule has 1 rings (SSSR count). The van der Waals surface area contributed by atoms with E-state index in [1.165, 1.54) is 0 Å². The fraction of sp³-hybridized carbons (Fsp3) is 1.00. The zero-order valence-corrected chi connectivity index (χ0v) is 6.47. The maximum Gasteiger partial charge on any atom is 0.0734 e. The van der Waals surface area contributed by atoms with E-state index in [0.29, 0.717) is 0 Å². The van der Waals surface area contributed by atoms with Crippen molar-refractivity contribution in [2.75, 3.05) is 20.2 Å². The predicted octanol–water partition coefficient (Wildman–Crippen LogP) is -0.288. The van der Waals surface area contributed by atoms with Crippen LogP contribution in [0.25, 0.3) is 0 Å². The van der Waals surface area contributed by atoms with E-state index >= 15 is 0 Å². The summed E-state index contributed by atoms with van der Waals surface area (Å²) in [6.07, 6.45) is 2.32. The molecular formula is C7H16N2O. The van der Waals surface area contributed by atoms with Gasteiger partial charge in [-0.3, -0.25) is 0 Å². The fourth-order valence-corrected chi connectivity index (χ4v) is 1.33. The monoisotopic (exact) mass is 144 g/mol. The Morgan fingerprint density at radius 1 is 1.40 bits per heavy atom. The Hall–Kier alpha value is -0.120. The molecule has 2 atom stereocenters. The quantitative estimate of drug-likeness (QED) is 0.532. The van der Waals surface area contributed by atoms with Crippen molar-refractivity contribution >= 4 is 0 Å². The minimum atomic E-state index is 0.222. The second kappa shape index (κ2) is 3.91. The van der Waals surface area contributed by atoms with E-state index in [9.17, 15) is 0 Å². The molecule has 0 spiro atoms. The van der Waals surface area contributed by atoms with Gasteiger partial charge in [0.15, 0.2) is 0 Å². The van der Waals surface area contributed by atoms with E-state index in [4.69, 9.17) is 10.5 Å². The van der Waals surface area contributed by atoms with E-state index in [0.717, 1.165) is 25.9 Å². The van der Waals surface area contributed by atoms with Gasteiger partial charge in [-0.15, -0.1) is 0 Å². The molecule has 0 amide bonds. The Bertz CT molecular complexity index is 97.6. The molecular weight excluding hydrogens is 128 g/mol. The molecule has 1 aliphatic heterocycles. The van der Waals surface area contributed by atoms with Crippen molar-refractivity contribution in [3.63, 3.8) is 0 Å². The van der Waals surface area contributed by atoms with Crippen molar-refractivity contribution in [1.29, 1.82) is 0 Å². The molecule has 0 aliphatic carbocycles. The summed E-state index contributed by atoms with van der Waals surface area (Å²) in [7, 11) is 1.73. The van der Waals surface area contributed by atoms with Crippen molar-refractivity contribution in [2.45, 2.75) is 25.0 Å². The Labute approximate surface area is 61.9 Å². The van der Waals surface area contributed by atoms with Gasteiger partial charge in [-0.05, 0) is 25.9 Å². The van der Waals surface area contributed by atoms with Crippen LogP contribution in [-0.4, -0.2) is 32.3 Å². The summed E-state index contributed by atoms with van der Waals surface area (Å²) >= 11 is 0. The van der Waals surface area contributed by atoms with Gasteiger partial charge in [0.2, 0.25) is 0 Å².